The number of hydrogen-bond acceptors (Lipinski definition) is 3. The molecule has 2 aromatic carbocycles. The molecule has 1 aliphatic heterocycles. The highest BCUT2D eigenvalue weighted by atomic mass is 16.5. The van der Waals surface area contributed by atoms with Crippen LogP contribution in [0, 0.1) is 5.92 Å². The Morgan fingerprint density at radius 1 is 1.07 bits per heavy atom. The van der Waals surface area contributed by atoms with E-state index >= 15 is 0 Å². The van der Waals surface area contributed by atoms with Crippen LogP contribution in [0.5, 0.6) is 5.75 Å². The van der Waals surface area contributed by atoms with Crippen LogP contribution in [0.15, 0.2) is 59.4 Å². The number of para-hydroxylation sites is 1. The molecule has 3 aromatic rings. The number of methoxy groups -OCH3 is 1. The van der Waals surface area contributed by atoms with Gasteiger partial charge in [0.25, 0.3) is 11.5 Å². The van der Waals surface area contributed by atoms with Gasteiger partial charge in [0.2, 0.25) is 0 Å². The van der Waals surface area contributed by atoms with Gasteiger partial charge in [0, 0.05) is 31.6 Å². The third-order valence-electron chi connectivity index (χ3n) is 6.29. The molecule has 0 spiro atoms. The smallest absolute Gasteiger partial charge is 0.254 e. The van der Waals surface area contributed by atoms with E-state index in [1.165, 1.54) is 11.6 Å². The van der Waals surface area contributed by atoms with E-state index < -0.39 is 0 Å². The molecule has 0 radical (unpaired) electrons. The molecule has 1 aliphatic rings. The van der Waals surface area contributed by atoms with Crippen LogP contribution in [0.4, 0.5) is 0 Å². The summed E-state index contributed by atoms with van der Waals surface area (Å²) >= 11 is 0. The van der Waals surface area contributed by atoms with Gasteiger partial charge in [0.15, 0.2) is 0 Å². The van der Waals surface area contributed by atoms with Crippen molar-refractivity contribution in [1.29, 1.82) is 0 Å². The second kappa shape index (κ2) is 8.74. The second-order valence-electron chi connectivity index (χ2n) is 8.09. The summed E-state index contributed by atoms with van der Waals surface area (Å²) in [5.41, 5.74) is 2.49. The monoisotopic (exact) mass is 404 g/mol. The molecule has 0 bridgehead atoms. The average molecular weight is 405 g/mol. The number of nitrogens with zero attached hydrogens (tertiary/aromatic N) is 2. The largest absolute Gasteiger partial charge is 0.497 e. The molecule has 0 saturated carbocycles. The summed E-state index contributed by atoms with van der Waals surface area (Å²) < 4.78 is 6.81. The molecule has 1 amide bonds. The van der Waals surface area contributed by atoms with Crippen molar-refractivity contribution >= 4 is 16.8 Å². The van der Waals surface area contributed by atoms with Crippen LogP contribution in [0.25, 0.3) is 10.9 Å². The van der Waals surface area contributed by atoms with Gasteiger partial charge < -0.3 is 14.2 Å². The number of piperidine rings is 1. The second-order valence-corrected chi connectivity index (χ2v) is 8.09. The third-order valence-corrected chi connectivity index (χ3v) is 6.29. The SMILES string of the molecule is COc1ccc(CCC2CCN(C(=O)c3cc(=O)n(C)c4ccccc34)CC2)cc1. The van der Waals surface area contributed by atoms with Gasteiger partial charge in [-0.1, -0.05) is 30.3 Å². The highest BCUT2D eigenvalue weighted by Crippen LogP contribution is 2.25. The third kappa shape index (κ3) is 4.11. The number of carbonyl (C=O) groups is 1. The fraction of sp³-hybridized carbons (Fsp3) is 0.360. The molecule has 0 aliphatic carbocycles. The van der Waals surface area contributed by atoms with Crippen molar-refractivity contribution < 1.29 is 9.53 Å². The maximum absolute atomic E-state index is 13.2. The Hall–Kier alpha value is -3.08. The molecule has 1 saturated heterocycles. The van der Waals surface area contributed by atoms with Gasteiger partial charge in [-0.15, -0.1) is 0 Å². The Balaban J connectivity index is 1.39. The summed E-state index contributed by atoms with van der Waals surface area (Å²) in [5.74, 6) is 1.47. The first-order valence-corrected chi connectivity index (χ1v) is 10.6. The van der Waals surface area contributed by atoms with Gasteiger partial charge in [0.1, 0.15) is 5.75 Å². The summed E-state index contributed by atoms with van der Waals surface area (Å²) in [7, 11) is 3.42. The molecule has 2 heterocycles. The first-order chi connectivity index (χ1) is 14.6. The summed E-state index contributed by atoms with van der Waals surface area (Å²) in [5, 5.41) is 0.839. The normalized spacial score (nSPS) is 14.8. The number of fused-ring (bicyclic) bond motifs is 1. The Morgan fingerprint density at radius 3 is 2.47 bits per heavy atom. The number of aromatic nitrogens is 1. The van der Waals surface area contributed by atoms with Crippen molar-refractivity contribution in [2.24, 2.45) is 13.0 Å². The number of amides is 1. The Labute approximate surface area is 176 Å². The first-order valence-electron chi connectivity index (χ1n) is 10.6. The van der Waals surface area contributed by atoms with Crippen LogP contribution in [0.1, 0.15) is 35.2 Å². The van der Waals surface area contributed by atoms with Gasteiger partial charge in [-0.05, 0) is 55.4 Å². The van der Waals surface area contributed by atoms with E-state index in [-0.39, 0.29) is 11.5 Å². The van der Waals surface area contributed by atoms with Gasteiger partial charge >= 0.3 is 0 Å². The molecule has 0 unspecified atom stereocenters. The minimum Gasteiger partial charge on any atom is -0.497 e. The van der Waals surface area contributed by atoms with Crippen LogP contribution in [0.3, 0.4) is 0 Å². The lowest BCUT2D eigenvalue weighted by molar-refractivity contribution is 0.0688. The molecule has 0 N–H and O–H groups in total. The minimum atomic E-state index is -0.147. The van der Waals surface area contributed by atoms with E-state index in [4.69, 9.17) is 4.74 Å². The van der Waals surface area contributed by atoms with Gasteiger partial charge in [-0.3, -0.25) is 9.59 Å². The Morgan fingerprint density at radius 2 is 1.77 bits per heavy atom. The van der Waals surface area contributed by atoms with E-state index in [0.717, 1.165) is 55.4 Å². The topological polar surface area (TPSA) is 51.5 Å². The fourth-order valence-electron chi connectivity index (χ4n) is 4.35. The molecule has 5 nitrogen and oxygen atoms in total. The maximum Gasteiger partial charge on any atom is 0.254 e. The highest BCUT2D eigenvalue weighted by Gasteiger charge is 2.25. The number of rotatable bonds is 5. The lowest BCUT2D eigenvalue weighted by Crippen LogP contribution is -2.39. The standard InChI is InChI=1S/C25H28N2O3/c1-26-23-6-4-3-5-21(23)22(17-24(26)28)25(29)27-15-13-19(14-16-27)8-7-18-9-11-20(30-2)12-10-18/h3-6,9-12,17,19H,7-8,13-16H2,1-2H3. The quantitative estimate of drug-likeness (QED) is 0.645. The Bertz CT molecular complexity index is 1090. The number of carbonyl (C=O) groups excluding carboxylic acids is 1. The van der Waals surface area contributed by atoms with Crippen molar-refractivity contribution in [2.45, 2.75) is 25.7 Å². The number of hydrogen-bond donors (Lipinski definition) is 0. The molecular formula is C25H28N2O3. The van der Waals surface area contributed by atoms with Crippen LogP contribution in [-0.4, -0.2) is 35.6 Å². The van der Waals surface area contributed by atoms with Crippen molar-refractivity contribution in [3.8, 4) is 5.75 Å². The number of benzene rings is 2. The summed E-state index contributed by atoms with van der Waals surface area (Å²) in [4.78, 5) is 27.4. The number of aryl methyl sites for hydroxylation is 2. The van der Waals surface area contributed by atoms with Gasteiger partial charge in [-0.2, -0.15) is 0 Å². The number of pyridine rings is 1. The van der Waals surface area contributed by atoms with Crippen LogP contribution in [0.2, 0.25) is 0 Å². The van der Waals surface area contributed by atoms with Crippen LogP contribution >= 0.6 is 0 Å². The van der Waals surface area contributed by atoms with Gasteiger partial charge in [0.05, 0.1) is 18.2 Å². The summed E-state index contributed by atoms with van der Waals surface area (Å²) in [6.07, 6.45) is 4.18. The van der Waals surface area contributed by atoms with Gasteiger partial charge in [-0.25, -0.2) is 0 Å². The summed E-state index contributed by atoms with van der Waals surface area (Å²) in [6, 6.07) is 17.4. The molecule has 1 fully saturated rings. The molecule has 5 heteroatoms. The zero-order valence-electron chi connectivity index (χ0n) is 17.6. The van der Waals surface area contributed by atoms with E-state index in [1.807, 2.05) is 41.3 Å². The van der Waals surface area contributed by atoms with Crippen molar-refractivity contribution in [1.82, 2.24) is 9.47 Å². The molecule has 1 aromatic heterocycles. The van der Waals surface area contributed by atoms with Crippen molar-refractivity contribution in [3.63, 3.8) is 0 Å². The zero-order chi connectivity index (χ0) is 21.1. The van der Waals surface area contributed by atoms with E-state index in [9.17, 15) is 9.59 Å². The number of ether oxygens (including phenoxy) is 1. The van der Waals surface area contributed by atoms with Crippen LogP contribution in [-0.2, 0) is 13.5 Å². The lowest BCUT2D eigenvalue weighted by atomic mass is 9.90. The Kier molecular flexibility index (Phi) is 5.88. The molecule has 30 heavy (non-hydrogen) atoms. The minimum absolute atomic E-state index is 0.0301. The maximum atomic E-state index is 13.2. The zero-order valence-corrected chi connectivity index (χ0v) is 17.6. The van der Waals surface area contributed by atoms with E-state index in [0.29, 0.717) is 11.5 Å². The number of likely N-dealkylation sites (tertiary alicyclic amines) is 1. The fourth-order valence-corrected chi connectivity index (χ4v) is 4.35. The van der Waals surface area contributed by atoms with Crippen molar-refractivity contribution in [3.05, 3.63) is 76.1 Å². The molecule has 156 valence electrons. The van der Waals surface area contributed by atoms with Crippen molar-refractivity contribution in [2.75, 3.05) is 20.2 Å². The van der Waals surface area contributed by atoms with E-state index in [1.54, 1.807) is 18.7 Å². The predicted molar refractivity (Wildman–Crippen MR) is 119 cm³/mol. The predicted octanol–water partition coefficient (Wildman–Crippen LogP) is 4.03. The highest BCUT2D eigenvalue weighted by molar-refractivity contribution is 6.06. The van der Waals surface area contributed by atoms with Crippen LogP contribution < -0.4 is 10.3 Å². The van der Waals surface area contributed by atoms with E-state index in [2.05, 4.69) is 12.1 Å². The summed E-state index contributed by atoms with van der Waals surface area (Å²) in [6.45, 7) is 1.49. The average Bonchev–Trinajstić information content (AvgIpc) is 2.80. The molecule has 0 atom stereocenters. The molecule has 4 rings (SSSR count). The lowest BCUT2D eigenvalue weighted by Gasteiger charge is -2.32. The molecular weight excluding hydrogens is 376 g/mol. The first kappa shape index (κ1) is 20.2.